The molecule has 0 aliphatic rings. The van der Waals surface area contributed by atoms with E-state index in [0.29, 0.717) is 0 Å². The molecule has 1 atom stereocenters. The van der Waals surface area contributed by atoms with Gasteiger partial charge in [0.1, 0.15) is 0 Å². The summed E-state index contributed by atoms with van der Waals surface area (Å²) in [7, 11) is 1.90. The van der Waals surface area contributed by atoms with Gasteiger partial charge in [0.2, 0.25) is 0 Å². The summed E-state index contributed by atoms with van der Waals surface area (Å²) >= 11 is 0. The highest BCUT2D eigenvalue weighted by Gasteiger charge is 2.11. The van der Waals surface area contributed by atoms with E-state index in [0.717, 1.165) is 12.0 Å². The number of aromatic nitrogens is 2. The molecular formula is C13H16N2O. The minimum absolute atomic E-state index is 0.158. The van der Waals surface area contributed by atoms with Crippen LogP contribution in [0.4, 0.5) is 0 Å². The molecule has 1 aromatic carbocycles. The summed E-state index contributed by atoms with van der Waals surface area (Å²) in [6.45, 7) is 0.166. The highest BCUT2D eigenvalue weighted by Crippen LogP contribution is 2.19. The van der Waals surface area contributed by atoms with Crippen LogP contribution in [0.25, 0.3) is 0 Å². The lowest BCUT2D eigenvalue weighted by Crippen LogP contribution is -2.07. The van der Waals surface area contributed by atoms with E-state index in [-0.39, 0.29) is 12.5 Å². The Morgan fingerprint density at radius 3 is 2.62 bits per heavy atom. The fraction of sp³-hybridized carbons (Fsp3) is 0.308. The number of hydrogen-bond acceptors (Lipinski definition) is 2. The van der Waals surface area contributed by atoms with Gasteiger partial charge in [-0.15, -0.1) is 0 Å². The molecule has 0 aliphatic carbocycles. The van der Waals surface area contributed by atoms with E-state index < -0.39 is 0 Å². The predicted octanol–water partition coefficient (Wildman–Crippen LogP) is 1.74. The molecule has 84 valence electrons. The van der Waals surface area contributed by atoms with E-state index in [1.54, 1.807) is 4.68 Å². The molecular weight excluding hydrogens is 200 g/mol. The van der Waals surface area contributed by atoms with Gasteiger partial charge in [0.05, 0.1) is 12.8 Å². The molecule has 0 spiro atoms. The Hall–Kier alpha value is -1.61. The van der Waals surface area contributed by atoms with Crippen LogP contribution in [0.15, 0.2) is 42.7 Å². The van der Waals surface area contributed by atoms with Gasteiger partial charge in [0.25, 0.3) is 0 Å². The molecule has 2 rings (SSSR count). The first kappa shape index (κ1) is 10.9. The van der Waals surface area contributed by atoms with E-state index in [9.17, 15) is 5.11 Å². The quantitative estimate of drug-likeness (QED) is 0.845. The number of benzene rings is 1. The summed E-state index contributed by atoms with van der Waals surface area (Å²) < 4.78 is 1.79. The van der Waals surface area contributed by atoms with Crippen LogP contribution in [0.3, 0.4) is 0 Å². The van der Waals surface area contributed by atoms with Gasteiger partial charge in [-0.05, 0) is 17.5 Å². The van der Waals surface area contributed by atoms with Gasteiger partial charge in [0, 0.05) is 19.2 Å². The maximum Gasteiger partial charge on any atom is 0.0521 e. The average Bonchev–Trinajstić information content (AvgIpc) is 2.73. The van der Waals surface area contributed by atoms with Gasteiger partial charge in [-0.2, -0.15) is 5.10 Å². The second kappa shape index (κ2) is 4.94. The van der Waals surface area contributed by atoms with E-state index in [1.807, 2.05) is 37.6 Å². The third-order valence-electron chi connectivity index (χ3n) is 2.73. The van der Waals surface area contributed by atoms with Crippen molar-refractivity contribution in [2.75, 3.05) is 6.61 Å². The number of aliphatic hydroxyl groups excluding tert-OH is 1. The second-order valence-electron chi connectivity index (χ2n) is 4.02. The maximum atomic E-state index is 9.42. The SMILES string of the molecule is Cn1cc(CC(CO)c2ccccc2)cn1. The molecule has 1 unspecified atom stereocenters. The van der Waals surface area contributed by atoms with E-state index >= 15 is 0 Å². The predicted molar refractivity (Wildman–Crippen MR) is 63.2 cm³/mol. The number of rotatable bonds is 4. The molecule has 0 aliphatic heterocycles. The lowest BCUT2D eigenvalue weighted by molar-refractivity contribution is 0.264. The molecule has 1 N–H and O–H groups in total. The minimum Gasteiger partial charge on any atom is -0.396 e. The highest BCUT2D eigenvalue weighted by molar-refractivity contribution is 5.22. The van der Waals surface area contributed by atoms with Crippen molar-refractivity contribution >= 4 is 0 Å². The fourth-order valence-electron chi connectivity index (χ4n) is 1.87. The van der Waals surface area contributed by atoms with Crippen molar-refractivity contribution in [3.63, 3.8) is 0 Å². The van der Waals surface area contributed by atoms with Crippen LogP contribution in [-0.2, 0) is 13.5 Å². The first-order valence-corrected chi connectivity index (χ1v) is 5.43. The Morgan fingerprint density at radius 1 is 1.31 bits per heavy atom. The summed E-state index contributed by atoms with van der Waals surface area (Å²) in [5.74, 6) is 0.158. The van der Waals surface area contributed by atoms with Crippen LogP contribution in [0.5, 0.6) is 0 Å². The Kier molecular flexibility index (Phi) is 3.37. The fourth-order valence-corrected chi connectivity index (χ4v) is 1.87. The largest absolute Gasteiger partial charge is 0.396 e. The second-order valence-corrected chi connectivity index (χ2v) is 4.02. The molecule has 0 radical (unpaired) electrons. The van der Waals surface area contributed by atoms with Crippen LogP contribution < -0.4 is 0 Å². The smallest absolute Gasteiger partial charge is 0.0521 e. The number of aliphatic hydroxyl groups is 1. The third-order valence-corrected chi connectivity index (χ3v) is 2.73. The van der Waals surface area contributed by atoms with Crippen molar-refractivity contribution in [3.8, 4) is 0 Å². The van der Waals surface area contributed by atoms with Gasteiger partial charge >= 0.3 is 0 Å². The zero-order valence-corrected chi connectivity index (χ0v) is 9.37. The van der Waals surface area contributed by atoms with Gasteiger partial charge in [0.15, 0.2) is 0 Å². The summed E-state index contributed by atoms with van der Waals surface area (Å²) in [6, 6.07) is 10.1. The molecule has 1 aromatic heterocycles. The van der Waals surface area contributed by atoms with Crippen molar-refractivity contribution in [3.05, 3.63) is 53.9 Å². The van der Waals surface area contributed by atoms with Crippen molar-refractivity contribution in [2.24, 2.45) is 7.05 Å². The molecule has 0 amide bonds. The minimum atomic E-state index is 0.158. The summed E-state index contributed by atoms with van der Waals surface area (Å²) in [6.07, 6.45) is 4.67. The lowest BCUT2D eigenvalue weighted by Gasteiger charge is -2.13. The van der Waals surface area contributed by atoms with Crippen molar-refractivity contribution in [1.29, 1.82) is 0 Å². The maximum absolute atomic E-state index is 9.42. The number of hydrogen-bond donors (Lipinski definition) is 1. The monoisotopic (exact) mass is 216 g/mol. The Bertz CT molecular complexity index is 436. The van der Waals surface area contributed by atoms with Crippen molar-refractivity contribution < 1.29 is 5.11 Å². The van der Waals surface area contributed by atoms with Gasteiger partial charge in [-0.3, -0.25) is 4.68 Å². The molecule has 2 aromatic rings. The van der Waals surface area contributed by atoms with Crippen molar-refractivity contribution in [1.82, 2.24) is 9.78 Å². The molecule has 0 saturated heterocycles. The van der Waals surface area contributed by atoms with Crippen LogP contribution >= 0.6 is 0 Å². The molecule has 3 heteroatoms. The highest BCUT2D eigenvalue weighted by atomic mass is 16.3. The Balaban J connectivity index is 2.12. The summed E-state index contributed by atoms with van der Waals surface area (Å²) in [5, 5.41) is 13.6. The molecule has 1 heterocycles. The zero-order chi connectivity index (χ0) is 11.4. The van der Waals surface area contributed by atoms with Gasteiger partial charge in [-0.25, -0.2) is 0 Å². The zero-order valence-electron chi connectivity index (χ0n) is 9.37. The average molecular weight is 216 g/mol. The lowest BCUT2D eigenvalue weighted by atomic mass is 9.94. The number of nitrogens with zero attached hydrogens (tertiary/aromatic N) is 2. The third kappa shape index (κ3) is 2.49. The number of aryl methyl sites for hydroxylation is 1. The molecule has 0 saturated carbocycles. The molecule has 0 bridgehead atoms. The van der Waals surface area contributed by atoms with Crippen LogP contribution in [-0.4, -0.2) is 21.5 Å². The first-order chi connectivity index (χ1) is 7.79. The Labute approximate surface area is 95.3 Å². The standard InChI is InChI=1S/C13H16N2O/c1-15-9-11(8-14-15)7-13(10-16)12-5-3-2-4-6-12/h2-6,8-9,13,16H,7,10H2,1H3. The molecule has 16 heavy (non-hydrogen) atoms. The van der Waals surface area contributed by atoms with Crippen molar-refractivity contribution in [2.45, 2.75) is 12.3 Å². The van der Waals surface area contributed by atoms with E-state index in [2.05, 4.69) is 17.2 Å². The van der Waals surface area contributed by atoms with E-state index in [4.69, 9.17) is 0 Å². The van der Waals surface area contributed by atoms with Gasteiger partial charge < -0.3 is 5.11 Å². The molecule has 3 nitrogen and oxygen atoms in total. The normalized spacial score (nSPS) is 12.6. The summed E-state index contributed by atoms with van der Waals surface area (Å²) in [5.41, 5.74) is 2.33. The topological polar surface area (TPSA) is 38.0 Å². The molecule has 0 fully saturated rings. The van der Waals surface area contributed by atoms with Gasteiger partial charge in [-0.1, -0.05) is 30.3 Å². The van der Waals surface area contributed by atoms with Crippen LogP contribution in [0, 0.1) is 0 Å². The summed E-state index contributed by atoms with van der Waals surface area (Å²) in [4.78, 5) is 0. The van der Waals surface area contributed by atoms with E-state index in [1.165, 1.54) is 5.56 Å². The van der Waals surface area contributed by atoms with Crippen LogP contribution in [0.2, 0.25) is 0 Å². The van der Waals surface area contributed by atoms with Crippen LogP contribution in [0.1, 0.15) is 17.0 Å². The first-order valence-electron chi connectivity index (χ1n) is 5.43. The Morgan fingerprint density at radius 2 is 2.06 bits per heavy atom.